The third-order valence-corrected chi connectivity index (χ3v) is 5.77. The number of piperidine rings is 1. The van der Waals surface area contributed by atoms with Gasteiger partial charge in [0.1, 0.15) is 0 Å². The van der Waals surface area contributed by atoms with Gasteiger partial charge in [-0.1, -0.05) is 26.2 Å². The van der Waals surface area contributed by atoms with Gasteiger partial charge in [0, 0.05) is 36.8 Å². The molecule has 1 atom stereocenters. The predicted molar refractivity (Wildman–Crippen MR) is 109 cm³/mol. The number of nitrogens with one attached hydrogen (secondary N) is 2. The number of benzene rings is 1. The molecule has 1 aliphatic carbocycles. The van der Waals surface area contributed by atoms with Gasteiger partial charge in [-0.3, -0.25) is 14.4 Å². The Kier molecular flexibility index (Phi) is 7.06. The summed E-state index contributed by atoms with van der Waals surface area (Å²) in [5, 5.41) is 5.98. The molecule has 1 saturated carbocycles. The molecule has 3 rings (SSSR count). The number of amides is 3. The number of hydrogen-bond donors (Lipinski definition) is 2. The Hall–Kier alpha value is -2.37. The zero-order chi connectivity index (χ0) is 19.9. The Morgan fingerprint density at radius 1 is 1.00 bits per heavy atom. The highest BCUT2D eigenvalue weighted by Gasteiger charge is 2.30. The normalized spacial score (nSPS) is 20.5. The van der Waals surface area contributed by atoms with Gasteiger partial charge in [0.2, 0.25) is 11.8 Å². The maximum atomic E-state index is 12.9. The molecule has 2 fully saturated rings. The van der Waals surface area contributed by atoms with Gasteiger partial charge >= 0.3 is 0 Å². The molecule has 152 valence electrons. The fourth-order valence-electron chi connectivity index (χ4n) is 4.07. The SMILES string of the molecule is CCC(=O)Nc1ccc(C(=O)N2CCCC(C(=O)NC3CCCCC3)C2)cc1. The van der Waals surface area contributed by atoms with Crippen molar-refractivity contribution >= 4 is 23.4 Å². The van der Waals surface area contributed by atoms with E-state index >= 15 is 0 Å². The number of nitrogens with zero attached hydrogens (tertiary/aromatic N) is 1. The Morgan fingerprint density at radius 3 is 2.39 bits per heavy atom. The molecular weight excluding hydrogens is 354 g/mol. The first-order valence-electron chi connectivity index (χ1n) is 10.6. The fraction of sp³-hybridized carbons (Fsp3) is 0.591. The van der Waals surface area contributed by atoms with Crippen LogP contribution in [0.5, 0.6) is 0 Å². The molecule has 1 saturated heterocycles. The third kappa shape index (κ3) is 5.33. The summed E-state index contributed by atoms with van der Waals surface area (Å²) in [6.07, 6.45) is 7.88. The van der Waals surface area contributed by atoms with Crippen molar-refractivity contribution in [1.29, 1.82) is 0 Å². The van der Waals surface area contributed by atoms with Crippen molar-refractivity contribution in [2.24, 2.45) is 5.92 Å². The van der Waals surface area contributed by atoms with E-state index in [-0.39, 0.29) is 23.6 Å². The van der Waals surface area contributed by atoms with E-state index in [2.05, 4.69) is 10.6 Å². The van der Waals surface area contributed by atoms with Gasteiger partial charge in [-0.25, -0.2) is 0 Å². The minimum atomic E-state index is -0.122. The molecule has 6 heteroatoms. The van der Waals surface area contributed by atoms with Crippen molar-refractivity contribution in [1.82, 2.24) is 10.2 Å². The Balaban J connectivity index is 1.56. The number of carbonyl (C=O) groups is 3. The summed E-state index contributed by atoms with van der Waals surface area (Å²) in [6, 6.07) is 7.27. The van der Waals surface area contributed by atoms with Crippen LogP contribution in [0.25, 0.3) is 0 Å². The van der Waals surface area contributed by atoms with Gasteiger partial charge < -0.3 is 15.5 Å². The van der Waals surface area contributed by atoms with Crippen LogP contribution in [0.3, 0.4) is 0 Å². The predicted octanol–water partition coefficient (Wildman–Crippen LogP) is 3.34. The summed E-state index contributed by atoms with van der Waals surface area (Å²) in [5.41, 5.74) is 1.27. The van der Waals surface area contributed by atoms with Gasteiger partial charge in [0.05, 0.1) is 5.92 Å². The number of carbonyl (C=O) groups excluding carboxylic acids is 3. The smallest absolute Gasteiger partial charge is 0.253 e. The van der Waals surface area contributed by atoms with Crippen LogP contribution in [0, 0.1) is 5.92 Å². The highest BCUT2D eigenvalue weighted by atomic mass is 16.2. The molecule has 0 radical (unpaired) electrons. The molecule has 1 aromatic rings. The molecule has 6 nitrogen and oxygen atoms in total. The first-order valence-corrected chi connectivity index (χ1v) is 10.6. The highest BCUT2D eigenvalue weighted by molar-refractivity contribution is 5.96. The van der Waals surface area contributed by atoms with Gasteiger partial charge in [-0.2, -0.15) is 0 Å². The van der Waals surface area contributed by atoms with Gasteiger partial charge in [0.25, 0.3) is 5.91 Å². The lowest BCUT2D eigenvalue weighted by molar-refractivity contribution is -0.127. The van der Waals surface area contributed by atoms with E-state index in [4.69, 9.17) is 0 Å². The van der Waals surface area contributed by atoms with Crippen molar-refractivity contribution in [3.63, 3.8) is 0 Å². The third-order valence-electron chi connectivity index (χ3n) is 5.77. The van der Waals surface area contributed by atoms with Crippen LogP contribution in [0.15, 0.2) is 24.3 Å². The molecule has 0 spiro atoms. The largest absolute Gasteiger partial charge is 0.353 e. The van der Waals surface area contributed by atoms with E-state index in [9.17, 15) is 14.4 Å². The van der Waals surface area contributed by atoms with Crippen LogP contribution in [0.1, 0.15) is 68.6 Å². The van der Waals surface area contributed by atoms with Crippen LogP contribution < -0.4 is 10.6 Å². The number of hydrogen-bond acceptors (Lipinski definition) is 3. The lowest BCUT2D eigenvalue weighted by Crippen LogP contribution is -2.47. The molecule has 28 heavy (non-hydrogen) atoms. The zero-order valence-electron chi connectivity index (χ0n) is 16.7. The second kappa shape index (κ2) is 9.71. The van der Waals surface area contributed by atoms with Crippen LogP contribution in [0.2, 0.25) is 0 Å². The Morgan fingerprint density at radius 2 is 1.71 bits per heavy atom. The Bertz CT molecular complexity index is 695. The van der Waals surface area contributed by atoms with Crippen molar-refractivity contribution in [2.75, 3.05) is 18.4 Å². The van der Waals surface area contributed by atoms with Gasteiger partial charge in [0.15, 0.2) is 0 Å². The minimum Gasteiger partial charge on any atom is -0.353 e. The number of likely N-dealkylation sites (tertiary alicyclic amines) is 1. The quantitative estimate of drug-likeness (QED) is 0.816. The van der Waals surface area contributed by atoms with Crippen LogP contribution >= 0.6 is 0 Å². The maximum absolute atomic E-state index is 12.9. The van der Waals surface area contributed by atoms with Crippen LogP contribution in [-0.2, 0) is 9.59 Å². The molecule has 2 aliphatic rings. The number of rotatable bonds is 5. The Labute approximate surface area is 167 Å². The second-order valence-electron chi connectivity index (χ2n) is 7.91. The first-order chi connectivity index (χ1) is 13.6. The summed E-state index contributed by atoms with van der Waals surface area (Å²) < 4.78 is 0. The highest BCUT2D eigenvalue weighted by Crippen LogP contribution is 2.22. The molecular formula is C22H31N3O3. The van der Waals surface area contributed by atoms with E-state index in [0.717, 1.165) is 25.7 Å². The van der Waals surface area contributed by atoms with E-state index in [1.165, 1.54) is 19.3 Å². The first kappa shape index (κ1) is 20.4. The average Bonchev–Trinajstić information content (AvgIpc) is 2.74. The topological polar surface area (TPSA) is 78.5 Å². The number of anilines is 1. The standard InChI is InChI=1S/C22H31N3O3/c1-2-20(26)23-19-12-10-16(11-13-19)22(28)25-14-6-7-17(15-25)21(27)24-18-8-4-3-5-9-18/h10-13,17-18H,2-9,14-15H2,1H3,(H,23,26)(H,24,27). The van der Waals surface area contributed by atoms with Crippen LogP contribution in [0.4, 0.5) is 5.69 Å². The monoisotopic (exact) mass is 385 g/mol. The summed E-state index contributed by atoms with van der Waals surface area (Å²) in [4.78, 5) is 38.8. The molecule has 0 aromatic heterocycles. The summed E-state index contributed by atoms with van der Waals surface area (Å²) in [5.74, 6) is -0.129. The summed E-state index contributed by atoms with van der Waals surface area (Å²) in [7, 11) is 0. The van der Waals surface area contributed by atoms with E-state index in [1.807, 2.05) is 0 Å². The fourth-order valence-corrected chi connectivity index (χ4v) is 4.07. The lowest BCUT2D eigenvalue weighted by atomic mass is 9.92. The molecule has 1 unspecified atom stereocenters. The van der Waals surface area contributed by atoms with Crippen molar-refractivity contribution < 1.29 is 14.4 Å². The zero-order valence-corrected chi connectivity index (χ0v) is 16.7. The second-order valence-corrected chi connectivity index (χ2v) is 7.91. The molecule has 1 aromatic carbocycles. The molecule has 1 aliphatic heterocycles. The maximum Gasteiger partial charge on any atom is 0.253 e. The van der Waals surface area contributed by atoms with E-state index < -0.39 is 0 Å². The van der Waals surface area contributed by atoms with Gasteiger partial charge in [-0.05, 0) is 49.9 Å². The summed E-state index contributed by atoms with van der Waals surface area (Å²) >= 11 is 0. The molecule has 3 amide bonds. The van der Waals surface area contributed by atoms with Crippen LogP contribution in [-0.4, -0.2) is 41.8 Å². The van der Waals surface area contributed by atoms with Crippen molar-refractivity contribution in [3.05, 3.63) is 29.8 Å². The molecule has 2 N–H and O–H groups in total. The van der Waals surface area contributed by atoms with Crippen molar-refractivity contribution in [2.45, 2.75) is 64.3 Å². The average molecular weight is 386 g/mol. The minimum absolute atomic E-state index is 0.0523. The molecule has 0 bridgehead atoms. The summed E-state index contributed by atoms with van der Waals surface area (Å²) in [6.45, 7) is 2.95. The molecule has 1 heterocycles. The van der Waals surface area contributed by atoms with Crippen molar-refractivity contribution in [3.8, 4) is 0 Å². The van der Waals surface area contributed by atoms with E-state index in [0.29, 0.717) is 36.8 Å². The van der Waals surface area contributed by atoms with E-state index in [1.54, 1.807) is 36.1 Å². The van der Waals surface area contributed by atoms with Gasteiger partial charge in [-0.15, -0.1) is 0 Å². The lowest BCUT2D eigenvalue weighted by Gasteiger charge is -2.33.